The molecule has 5 saturated carbocycles. The molecule has 0 unspecified atom stereocenters. The molecule has 5 aliphatic carbocycles. The van der Waals surface area contributed by atoms with E-state index < -0.39 is 23.5 Å². The molecule has 5 fully saturated rings. The van der Waals surface area contributed by atoms with Gasteiger partial charge in [-0.2, -0.15) is 0 Å². The average Bonchev–Trinajstić information content (AvgIpc) is 3.32. The first-order valence-corrected chi connectivity index (χ1v) is 17.9. The lowest BCUT2D eigenvalue weighted by molar-refractivity contribution is -0.246. The van der Waals surface area contributed by atoms with Crippen molar-refractivity contribution in [2.24, 2.45) is 62.6 Å². The van der Waals surface area contributed by atoms with Crippen LogP contribution in [0.4, 0.5) is 0 Å². The number of carbonyl (C=O) groups is 2. The number of hydrogen-bond acceptors (Lipinski definition) is 4. The smallest absolute Gasteiger partial charge is 0.306 e. The highest BCUT2D eigenvalue weighted by atomic mass is 16.4. The Morgan fingerprint density at radius 1 is 0.886 bits per heavy atom. The Morgan fingerprint density at radius 2 is 1.57 bits per heavy atom. The second-order valence-electron chi connectivity index (χ2n) is 18.1. The second kappa shape index (κ2) is 11.4. The van der Waals surface area contributed by atoms with Crippen LogP contribution < -0.4 is 5.32 Å². The predicted octanol–water partition coefficient (Wildman–Crippen LogP) is 7.37. The maximum Gasteiger partial charge on any atom is 0.306 e. The summed E-state index contributed by atoms with van der Waals surface area (Å²) in [5.41, 5.74) is 1.10. The second-order valence-corrected chi connectivity index (χ2v) is 18.1. The molecule has 0 spiro atoms. The molecule has 4 N–H and O–H groups in total. The van der Waals surface area contributed by atoms with Crippen LogP contribution in [0.2, 0.25) is 0 Å². The zero-order chi connectivity index (χ0) is 32.6. The molecule has 44 heavy (non-hydrogen) atoms. The fraction of sp³-hybridized carbons (Fsp3) is 0.895. The van der Waals surface area contributed by atoms with Crippen molar-refractivity contribution in [3.05, 3.63) is 12.2 Å². The van der Waals surface area contributed by atoms with Gasteiger partial charge in [-0.05, 0) is 135 Å². The fourth-order valence-electron chi connectivity index (χ4n) is 13.0. The Labute approximate surface area is 267 Å². The maximum absolute atomic E-state index is 14.6. The monoisotopic (exact) mass is 613 g/mol. The van der Waals surface area contributed by atoms with Gasteiger partial charge in [0, 0.05) is 0 Å². The van der Waals surface area contributed by atoms with Crippen molar-refractivity contribution < 1.29 is 24.9 Å². The predicted molar refractivity (Wildman–Crippen MR) is 175 cm³/mol. The minimum atomic E-state index is -1.11. The standard InChI is InChI=1S/C38H63NO5/c1-22(2)20-26(27(40)21-31(42)43)39-33(44)38-17-12-24(23(3)4)32(38)25-10-11-29-35(7)15-14-30(41)34(5,6)28(35)13-16-37(29,9)36(25,8)18-19-38/h22,24-30,32,40-41H,3,10-21H2,1-2,4-9H3,(H,39,44)(H,42,43)/t24-,25+,26-,27+,28-,29+,30-,32+,35-,36+,37+,38-/m0/s1. The van der Waals surface area contributed by atoms with Gasteiger partial charge >= 0.3 is 5.97 Å². The molecule has 0 heterocycles. The van der Waals surface area contributed by atoms with Crippen molar-refractivity contribution in [2.75, 3.05) is 0 Å². The first kappa shape index (κ1) is 33.9. The third-order valence-electron chi connectivity index (χ3n) is 15.4. The van der Waals surface area contributed by atoms with Gasteiger partial charge in [0.25, 0.3) is 0 Å². The van der Waals surface area contributed by atoms with Crippen LogP contribution in [0.5, 0.6) is 0 Å². The molecule has 0 aliphatic heterocycles. The summed E-state index contributed by atoms with van der Waals surface area (Å²) in [4.78, 5) is 26.1. The number of carboxylic acids is 1. The zero-order valence-electron chi connectivity index (χ0n) is 29.0. The number of carbonyl (C=O) groups excluding carboxylic acids is 1. The lowest BCUT2D eigenvalue weighted by Crippen LogP contribution is -2.67. The van der Waals surface area contributed by atoms with E-state index in [4.69, 9.17) is 0 Å². The molecule has 0 aromatic carbocycles. The molecule has 5 rings (SSSR count). The minimum absolute atomic E-state index is 0.0364. The zero-order valence-corrected chi connectivity index (χ0v) is 29.0. The van der Waals surface area contributed by atoms with Gasteiger partial charge in [0.1, 0.15) is 0 Å². The number of aliphatic hydroxyl groups is 2. The molecule has 0 aromatic heterocycles. The highest BCUT2D eigenvalue weighted by Gasteiger charge is 2.72. The van der Waals surface area contributed by atoms with E-state index in [9.17, 15) is 24.9 Å². The molecular formula is C38H63NO5. The Morgan fingerprint density at radius 3 is 2.18 bits per heavy atom. The molecule has 6 nitrogen and oxygen atoms in total. The number of nitrogens with one attached hydrogen (secondary N) is 1. The highest BCUT2D eigenvalue weighted by molar-refractivity contribution is 5.84. The first-order chi connectivity index (χ1) is 20.3. The maximum atomic E-state index is 14.6. The van der Waals surface area contributed by atoms with E-state index in [1.54, 1.807) is 0 Å². The summed E-state index contributed by atoms with van der Waals surface area (Å²) in [5.74, 6) is 1.27. The Bertz CT molecular complexity index is 1150. The molecule has 0 saturated heterocycles. The largest absolute Gasteiger partial charge is 0.481 e. The molecule has 1 amide bonds. The van der Waals surface area contributed by atoms with Crippen molar-refractivity contribution in [1.82, 2.24) is 5.32 Å². The van der Waals surface area contributed by atoms with Crippen LogP contribution in [0, 0.1) is 62.6 Å². The van der Waals surface area contributed by atoms with E-state index >= 15 is 0 Å². The Balaban J connectivity index is 1.49. The van der Waals surface area contributed by atoms with Gasteiger partial charge in [0.2, 0.25) is 5.91 Å². The molecule has 5 aliphatic rings. The molecule has 0 bridgehead atoms. The normalized spacial score (nSPS) is 45.7. The summed E-state index contributed by atoms with van der Waals surface area (Å²) in [6.07, 6.45) is 9.17. The van der Waals surface area contributed by atoms with Gasteiger partial charge in [0.15, 0.2) is 0 Å². The summed E-state index contributed by atoms with van der Waals surface area (Å²) in [5, 5.41) is 34.6. The van der Waals surface area contributed by atoms with E-state index in [-0.39, 0.29) is 51.9 Å². The quantitative estimate of drug-likeness (QED) is 0.214. The number of allylic oxidation sites excluding steroid dienone is 1. The van der Waals surface area contributed by atoms with E-state index in [0.29, 0.717) is 30.1 Å². The van der Waals surface area contributed by atoms with Crippen molar-refractivity contribution in [2.45, 2.75) is 151 Å². The molecule has 6 heteroatoms. The van der Waals surface area contributed by atoms with Crippen LogP contribution in [0.25, 0.3) is 0 Å². The van der Waals surface area contributed by atoms with Crippen LogP contribution >= 0.6 is 0 Å². The lowest BCUT2D eigenvalue weighted by atomic mass is 9.32. The number of aliphatic carboxylic acids is 1. The van der Waals surface area contributed by atoms with E-state index in [0.717, 1.165) is 51.4 Å². The summed E-state index contributed by atoms with van der Waals surface area (Å²) in [6.45, 7) is 23.1. The molecule has 0 radical (unpaired) electrons. The topological polar surface area (TPSA) is 107 Å². The number of rotatable bonds is 8. The van der Waals surface area contributed by atoms with Gasteiger partial charge in [0.05, 0.1) is 30.1 Å². The Kier molecular flexibility index (Phi) is 8.79. The van der Waals surface area contributed by atoms with Gasteiger partial charge in [-0.25, -0.2) is 0 Å². The van der Waals surface area contributed by atoms with Gasteiger partial charge < -0.3 is 20.6 Å². The van der Waals surface area contributed by atoms with Crippen LogP contribution in [0.15, 0.2) is 12.2 Å². The Hall–Kier alpha value is -1.40. The SMILES string of the molecule is C=C(C)[C@@H]1CC[C@]2(C(=O)N[C@@H](CC(C)C)[C@H](O)CC(=O)O)CC[C@]3(C)[C@H](CC[C@@H]4[C@@]5(C)CC[C@H](O)C(C)(C)[C@@H]5CC[C@]43C)[C@@H]12. The van der Waals surface area contributed by atoms with Crippen LogP contribution in [0.1, 0.15) is 132 Å². The van der Waals surface area contributed by atoms with Gasteiger partial charge in [-0.15, -0.1) is 0 Å². The lowest BCUT2D eigenvalue weighted by Gasteiger charge is -2.72. The van der Waals surface area contributed by atoms with Gasteiger partial charge in [-0.1, -0.05) is 60.6 Å². The van der Waals surface area contributed by atoms with Crippen LogP contribution in [-0.4, -0.2) is 45.4 Å². The van der Waals surface area contributed by atoms with Crippen molar-refractivity contribution >= 4 is 11.9 Å². The van der Waals surface area contributed by atoms with Gasteiger partial charge in [-0.3, -0.25) is 9.59 Å². The van der Waals surface area contributed by atoms with Crippen molar-refractivity contribution in [1.29, 1.82) is 0 Å². The summed E-state index contributed by atoms with van der Waals surface area (Å²) < 4.78 is 0. The van der Waals surface area contributed by atoms with E-state index in [1.165, 1.54) is 18.4 Å². The molecular weight excluding hydrogens is 550 g/mol. The van der Waals surface area contributed by atoms with Crippen LogP contribution in [-0.2, 0) is 9.59 Å². The first-order valence-electron chi connectivity index (χ1n) is 17.9. The minimum Gasteiger partial charge on any atom is -0.481 e. The fourth-order valence-corrected chi connectivity index (χ4v) is 13.0. The summed E-state index contributed by atoms with van der Waals surface area (Å²) in [7, 11) is 0. The summed E-state index contributed by atoms with van der Waals surface area (Å²) >= 11 is 0. The number of carboxylic acid groups (broad SMARTS) is 1. The third-order valence-corrected chi connectivity index (χ3v) is 15.4. The number of hydrogen-bond donors (Lipinski definition) is 4. The summed E-state index contributed by atoms with van der Waals surface area (Å²) in [6, 6.07) is -0.570. The molecule has 250 valence electrons. The number of aliphatic hydroxyl groups excluding tert-OH is 2. The molecule has 12 atom stereocenters. The van der Waals surface area contributed by atoms with Crippen molar-refractivity contribution in [3.63, 3.8) is 0 Å². The highest BCUT2D eigenvalue weighted by Crippen LogP contribution is 2.77. The van der Waals surface area contributed by atoms with Crippen LogP contribution in [0.3, 0.4) is 0 Å². The average molecular weight is 614 g/mol. The van der Waals surface area contributed by atoms with E-state index in [2.05, 4.69) is 67.3 Å². The number of amides is 1. The number of fused-ring (bicyclic) bond motifs is 7. The van der Waals surface area contributed by atoms with Crippen molar-refractivity contribution in [3.8, 4) is 0 Å². The molecule has 0 aromatic rings. The van der Waals surface area contributed by atoms with E-state index in [1.807, 2.05) is 0 Å². The third kappa shape index (κ3) is 4.93.